The van der Waals surface area contributed by atoms with Crippen molar-refractivity contribution in [2.45, 2.75) is 12.3 Å². The molecule has 1 saturated heterocycles. The molecule has 8 heteroatoms. The van der Waals surface area contributed by atoms with Gasteiger partial charge in [-0.2, -0.15) is 0 Å². The normalized spacial score (nSPS) is 15.4. The van der Waals surface area contributed by atoms with Gasteiger partial charge in [-0.3, -0.25) is 9.59 Å². The Labute approximate surface area is 201 Å². The predicted molar refractivity (Wildman–Crippen MR) is 132 cm³/mol. The first kappa shape index (κ1) is 21.9. The highest BCUT2D eigenvalue weighted by Gasteiger charge is 2.28. The summed E-state index contributed by atoms with van der Waals surface area (Å²) in [7, 11) is 0. The highest BCUT2D eigenvalue weighted by Crippen LogP contribution is 2.35. The van der Waals surface area contributed by atoms with Crippen molar-refractivity contribution in [3.05, 3.63) is 96.1 Å². The van der Waals surface area contributed by atoms with Gasteiger partial charge in [-0.05, 0) is 60.0 Å². The van der Waals surface area contributed by atoms with Crippen molar-refractivity contribution in [1.82, 2.24) is 19.3 Å². The van der Waals surface area contributed by atoms with Crippen molar-refractivity contribution >= 4 is 34.7 Å². The van der Waals surface area contributed by atoms with E-state index < -0.39 is 0 Å². The van der Waals surface area contributed by atoms with Crippen LogP contribution in [0.1, 0.15) is 28.3 Å². The summed E-state index contributed by atoms with van der Waals surface area (Å²) >= 11 is 5.97. The van der Waals surface area contributed by atoms with Crippen LogP contribution in [0.4, 0.5) is 5.82 Å². The fourth-order valence-corrected chi connectivity index (χ4v) is 4.59. The first-order valence-electron chi connectivity index (χ1n) is 10.9. The van der Waals surface area contributed by atoms with Gasteiger partial charge >= 0.3 is 0 Å². The van der Waals surface area contributed by atoms with Crippen LogP contribution in [0.3, 0.4) is 0 Å². The lowest BCUT2D eigenvalue weighted by Crippen LogP contribution is -2.26. The third-order valence-electron chi connectivity index (χ3n) is 6.13. The Morgan fingerprint density at radius 1 is 1.12 bits per heavy atom. The minimum Gasteiger partial charge on any atom is -0.339 e. The molecule has 1 unspecified atom stereocenters. The quantitative estimate of drug-likeness (QED) is 0.424. The number of halogens is 1. The van der Waals surface area contributed by atoms with E-state index in [0.717, 1.165) is 29.7 Å². The van der Waals surface area contributed by atoms with Crippen molar-refractivity contribution < 1.29 is 9.59 Å². The fraction of sp³-hybridized carbons (Fsp3) is 0.154. The molecule has 0 bridgehead atoms. The second kappa shape index (κ2) is 9.11. The number of carbonyl (C=O) groups excluding carboxylic acids is 2. The van der Waals surface area contributed by atoms with Crippen LogP contribution in [0.5, 0.6) is 0 Å². The summed E-state index contributed by atoms with van der Waals surface area (Å²) in [6, 6.07) is 14.8. The minimum atomic E-state index is -0.262. The lowest BCUT2D eigenvalue weighted by atomic mass is 9.98. The predicted octanol–water partition coefficient (Wildman–Crippen LogP) is 4.80. The van der Waals surface area contributed by atoms with Crippen LogP contribution in [-0.2, 0) is 4.79 Å². The number of anilines is 1. The van der Waals surface area contributed by atoms with Crippen molar-refractivity contribution in [2.24, 2.45) is 0 Å². The number of hydrogen-bond donors (Lipinski definition) is 1. The van der Waals surface area contributed by atoms with E-state index in [4.69, 9.17) is 11.6 Å². The molecule has 0 saturated carbocycles. The molecule has 4 heterocycles. The van der Waals surface area contributed by atoms with Crippen LogP contribution in [0, 0.1) is 0 Å². The minimum absolute atomic E-state index is 0.0326. The Kier molecular flexibility index (Phi) is 5.86. The van der Waals surface area contributed by atoms with Gasteiger partial charge in [-0.25, -0.2) is 9.97 Å². The molecule has 0 spiro atoms. The number of nitrogens with zero attached hydrogens (tertiary/aromatic N) is 4. The first-order chi connectivity index (χ1) is 16.5. The lowest BCUT2D eigenvalue weighted by molar-refractivity contribution is -0.125. The van der Waals surface area contributed by atoms with Gasteiger partial charge in [0.05, 0.1) is 17.5 Å². The van der Waals surface area contributed by atoms with E-state index >= 15 is 0 Å². The number of pyridine rings is 1. The summed E-state index contributed by atoms with van der Waals surface area (Å²) in [4.78, 5) is 34.9. The average molecular weight is 472 g/mol. The van der Waals surface area contributed by atoms with Gasteiger partial charge < -0.3 is 14.6 Å². The third kappa shape index (κ3) is 4.18. The molecule has 3 aromatic heterocycles. The van der Waals surface area contributed by atoms with E-state index in [0.29, 0.717) is 22.9 Å². The number of likely N-dealkylation sites (tertiary alicyclic amines) is 1. The number of amides is 2. The SMILES string of the molecule is C=CC(=O)N1CCC(c2cc(-c3ccc(C(=O)Nc4cc(Cl)ccn4)cc3)n3cnccc23)C1. The smallest absolute Gasteiger partial charge is 0.256 e. The Balaban J connectivity index is 1.42. The zero-order chi connectivity index (χ0) is 23.7. The Hall–Kier alpha value is -3.97. The van der Waals surface area contributed by atoms with Gasteiger partial charge in [0.15, 0.2) is 0 Å². The highest BCUT2D eigenvalue weighted by atomic mass is 35.5. The molecule has 1 aliphatic heterocycles. The lowest BCUT2D eigenvalue weighted by Gasteiger charge is -2.13. The molecule has 1 aliphatic rings. The summed E-state index contributed by atoms with van der Waals surface area (Å²) in [5.41, 5.74) is 4.71. The molecule has 0 aliphatic carbocycles. The molecule has 5 rings (SSSR count). The molecule has 7 nitrogen and oxygen atoms in total. The van der Waals surface area contributed by atoms with Crippen LogP contribution < -0.4 is 5.32 Å². The number of rotatable bonds is 5. The van der Waals surface area contributed by atoms with Gasteiger partial charge in [0.25, 0.3) is 5.91 Å². The molecule has 170 valence electrons. The zero-order valence-electron chi connectivity index (χ0n) is 18.3. The Morgan fingerprint density at radius 3 is 2.71 bits per heavy atom. The largest absolute Gasteiger partial charge is 0.339 e. The second-order valence-electron chi connectivity index (χ2n) is 8.19. The van der Waals surface area contributed by atoms with Crippen molar-refractivity contribution in [2.75, 3.05) is 18.4 Å². The summed E-state index contributed by atoms with van der Waals surface area (Å²) < 4.78 is 2.05. The molecule has 0 radical (unpaired) electrons. The Morgan fingerprint density at radius 2 is 1.94 bits per heavy atom. The molecule has 1 atom stereocenters. The van der Waals surface area contributed by atoms with E-state index in [9.17, 15) is 9.59 Å². The maximum atomic E-state index is 12.6. The van der Waals surface area contributed by atoms with Crippen LogP contribution in [-0.4, -0.2) is 44.2 Å². The van der Waals surface area contributed by atoms with Gasteiger partial charge in [-0.15, -0.1) is 0 Å². The van der Waals surface area contributed by atoms with Crippen molar-refractivity contribution in [1.29, 1.82) is 0 Å². The van der Waals surface area contributed by atoms with Gasteiger partial charge in [0.1, 0.15) is 5.82 Å². The molecule has 1 N–H and O–H groups in total. The Bertz CT molecular complexity index is 1400. The highest BCUT2D eigenvalue weighted by molar-refractivity contribution is 6.30. The van der Waals surface area contributed by atoms with E-state index in [1.165, 1.54) is 11.6 Å². The summed E-state index contributed by atoms with van der Waals surface area (Å²) in [5.74, 6) is 0.345. The third-order valence-corrected chi connectivity index (χ3v) is 6.36. The van der Waals surface area contributed by atoms with Gasteiger partial charge in [-0.1, -0.05) is 30.3 Å². The van der Waals surface area contributed by atoms with E-state index in [1.54, 1.807) is 43.0 Å². The standard InChI is InChI=1S/C26H22ClN5O2/c1-2-25(33)31-12-9-19(15-31)21-14-23(32-16-28-10-8-22(21)32)17-3-5-18(6-4-17)26(34)30-24-13-20(27)7-11-29-24/h2-8,10-11,13-14,16,19H,1,9,12,15H2,(H,29,30,34). The number of nitrogens with one attached hydrogen (secondary N) is 1. The topological polar surface area (TPSA) is 79.6 Å². The van der Waals surface area contributed by atoms with Crippen LogP contribution in [0.15, 0.2) is 79.9 Å². The molecule has 1 aromatic carbocycles. The second-order valence-corrected chi connectivity index (χ2v) is 8.62. The van der Waals surface area contributed by atoms with Crippen molar-refractivity contribution in [3.8, 4) is 11.3 Å². The first-order valence-corrected chi connectivity index (χ1v) is 11.3. The number of benzene rings is 1. The van der Waals surface area contributed by atoms with Crippen LogP contribution in [0.25, 0.3) is 16.8 Å². The van der Waals surface area contributed by atoms with Crippen molar-refractivity contribution in [3.63, 3.8) is 0 Å². The molecular weight excluding hydrogens is 450 g/mol. The average Bonchev–Trinajstić information content (AvgIpc) is 3.49. The number of aromatic nitrogens is 3. The fourth-order valence-electron chi connectivity index (χ4n) is 4.43. The number of hydrogen-bond acceptors (Lipinski definition) is 4. The summed E-state index contributed by atoms with van der Waals surface area (Å²) in [6.45, 7) is 4.99. The zero-order valence-corrected chi connectivity index (χ0v) is 19.1. The molecule has 2 amide bonds. The maximum absolute atomic E-state index is 12.6. The van der Waals surface area contributed by atoms with Gasteiger partial charge in [0.2, 0.25) is 5.91 Å². The van der Waals surface area contributed by atoms with E-state index in [1.807, 2.05) is 23.1 Å². The maximum Gasteiger partial charge on any atom is 0.256 e. The van der Waals surface area contributed by atoms with E-state index in [2.05, 4.69) is 32.3 Å². The van der Waals surface area contributed by atoms with Crippen LogP contribution >= 0.6 is 11.6 Å². The van der Waals surface area contributed by atoms with Crippen LogP contribution in [0.2, 0.25) is 5.02 Å². The van der Waals surface area contributed by atoms with Gasteiger partial charge in [0, 0.05) is 42.0 Å². The van der Waals surface area contributed by atoms with E-state index in [-0.39, 0.29) is 17.7 Å². The molecule has 1 fully saturated rings. The number of carbonyl (C=O) groups is 2. The number of fused-ring (bicyclic) bond motifs is 1. The monoisotopic (exact) mass is 471 g/mol. The summed E-state index contributed by atoms with van der Waals surface area (Å²) in [6.07, 6.45) is 7.39. The summed E-state index contributed by atoms with van der Waals surface area (Å²) in [5, 5.41) is 3.26. The molecular formula is C26H22ClN5O2. The molecule has 34 heavy (non-hydrogen) atoms. The molecule has 4 aromatic rings.